The maximum atomic E-state index is 8.38. The van der Waals surface area contributed by atoms with Crippen LogP contribution in [0.3, 0.4) is 0 Å². The largest absolute Gasteiger partial charge is 0.325 e. The first-order valence-electron chi connectivity index (χ1n) is 2.92. The molecule has 5 heteroatoms. The predicted octanol–water partition coefficient (Wildman–Crippen LogP) is 1.26. The average Bonchev–Trinajstić information content (AvgIpc) is 2.05. The second kappa shape index (κ2) is 6.86. The molecular formula is C7H9Cl2N3. The van der Waals surface area contributed by atoms with Gasteiger partial charge in [0.25, 0.3) is 0 Å². The molecule has 3 nitrogen and oxygen atoms in total. The summed E-state index contributed by atoms with van der Waals surface area (Å²) in [4.78, 5) is 3.92. The molecule has 0 unspecified atom stereocenters. The lowest BCUT2D eigenvalue weighted by molar-refractivity contribution is 0.988. The van der Waals surface area contributed by atoms with Gasteiger partial charge in [0.1, 0.15) is 6.07 Å². The van der Waals surface area contributed by atoms with Gasteiger partial charge in [-0.2, -0.15) is 5.26 Å². The Morgan fingerprint density at radius 2 is 2.08 bits per heavy atom. The lowest BCUT2D eigenvalue weighted by Crippen LogP contribution is -1.98. The van der Waals surface area contributed by atoms with Crippen LogP contribution in [-0.2, 0) is 6.54 Å². The molecule has 12 heavy (non-hydrogen) atoms. The molecule has 0 amide bonds. The summed E-state index contributed by atoms with van der Waals surface area (Å²) < 4.78 is 0. The molecule has 1 rings (SSSR count). The molecule has 0 fully saturated rings. The van der Waals surface area contributed by atoms with Crippen LogP contribution in [0.25, 0.3) is 0 Å². The van der Waals surface area contributed by atoms with Crippen molar-refractivity contribution in [1.82, 2.24) is 4.98 Å². The van der Waals surface area contributed by atoms with Crippen molar-refractivity contribution >= 4 is 24.8 Å². The zero-order valence-corrected chi connectivity index (χ0v) is 7.86. The SMILES string of the molecule is Cl.Cl.N#Cc1ccc(CN)nc1. The predicted molar refractivity (Wildman–Crippen MR) is 51.3 cm³/mol. The second-order valence-electron chi connectivity index (χ2n) is 1.85. The van der Waals surface area contributed by atoms with Crippen molar-refractivity contribution in [2.45, 2.75) is 6.54 Å². The summed E-state index contributed by atoms with van der Waals surface area (Å²) in [5, 5.41) is 8.38. The Hall–Kier alpha value is -0.820. The molecule has 0 saturated carbocycles. The topological polar surface area (TPSA) is 62.7 Å². The number of hydrogen-bond donors (Lipinski definition) is 1. The van der Waals surface area contributed by atoms with Crippen molar-refractivity contribution < 1.29 is 0 Å². The van der Waals surface area contributed by atoms with Crippen molar-refractivity contribution in [1.29, 1.82) is 5.26 Å². The van der Waals surface area contributed by atoms with Gasteiger partial charge < -0.3 is 5.73 Å². The first-order valence-corrected chi connectivity index (χ1v) is 2.92. The fraction of sp³-hybridized carbons (Fsp3) is 0.143. The zero-order valence-electron chi connectivity index (χ0n) is 6.23. The van der Waals surface area contributed by atoms with Gasteiger partial charge >= 0.3 is 0 Å². The van der Waals surface area contributed by atoms with E-state index < -0.39 is 0 Å². The summed E-state index contributed by atoms with van der Waals surface area (Å²) in [6, 6.07) is 5.43. The zero-order chi connectivity index (χ0) is 7.40. The highest BCUT2D eigenvalue weighted by atomic mass is 35.5. The van der Waals surface area contributed by atoms with Crippen LogP contribution in [0.2, 0.25) is 0 Å². The smallest absolute Gasteiger partial charge is 0.101 e. The highest BCUT2D eigenvalue weighted by molar-refractivity contribution is 5.85. The summed E-state index contributed by atoms with van der Waals surface area (Å²) in [6.45, 7) is 0.422. The highest BCUT2D eigenvalue weighted by Crippen LogP contribution is 1.96. The fourth-order valence-corrected chi connectivity index (χ4v) is 0.611. The van der Waals surface area contributed by atoms with E-state index in [2.05, 4.69) is 4.98 Å². The van der Waals surface area contributed by atoms with Gasteiger partial charge in [-0.15, -0.1) is 24.8 Å². The summed E-state index contributed by atoms with van der Waals surface area (Å²) in [6.07, 6.45) is 1.52. The highest BCUT2D eigenvalue weighted by Gasteiger charge is 1.90. The monoisotopic (exact) mass is 205 g/mol. The number of nitriles is 1. The molecule has 66 valence electrons. The van der Waals surface area contributed by atoms with Crippen molar-refractivity contribution in [3.8, 4) is 6.07 Å². The van der Waals surface area contributed by atoms with Crippen molar-refractivity contribution in [2.24, 2.45) is 5.73 Å². The van der Waals surface area contributed by atoms with Gasteiger partial charge in [-0.05, 0) is 12.1 Å². The number of hydrogen-bond acceptors (Lipinski definition) is 3. The first kappa shape index (κ1) is 13.7. The molecule has 0 aliphatic heterocycles. The molecule has 1 aromatic heterocycles. The van der Waals surface area contributed by atoms with Crippen molar-refractivity contribution in [3.63, 3.8) is 0 Å². The molecular weight excluding hydrogens is 197 g/mol. The van der Waals surface area contributed by atoms with E-state index in [-0.39, 0.29) is 24.8 Å². The Balaban J connectivity index is 0. The molecule has 0 aromatic carbocycles. The van der Waals surface area contributed by atoms with Crippen LogP contribution in [0.1, 0.15) is 11.3 Å². The van der Waals surface area contributed by atoms with Gasteiger partial charge in [-0.25, -0.2) is 0 Å². The molecule has 0 spiro atoms. The van der Waals surface area contributed by atoms with Crippen LogP contribution >= 0.6 is 24.8 Å². The molecule has 0 bridgehead atoms. The Bertz CT molecular complexity index is 252. The first-order chi connectivity index (χ1) is 4.86. The molecule has 2 N–H and O–H groups in total. The summed E-state index contributed by atoms with van der Waals surface area (Å²) in [5.74, 6) is 0. The quantitative estimate of drug-likeness (QED) is 0.752. The Kier molecular flexibility index (Phi) is 7.86. The van der Waals surface area contributed by atoms with E-state index in [0.717, 1.165) is 5.69 Å². The van der Waals surface area contributed by atoms with Crippen LogP contribution in [0.15, 0.2) is 18.3 Å². The van der Waals surface area contributed by atoms with Crippen LogP contribution in [0.5, 0.6) is 0 Å². The number of pyridine rings is 1. The molecule has 0 radical (unpaired) electrons. The maximum Gasteiger partial charge on any atom is 0.101 e. The molecule has 1 heterocycles. The Morgan fingerprint density at radius 1 is 1.42 bits per heavy atom. The van der Waals surface area contributed by atoms with E-state index in [1.165, 1.54) is 6.20 Å². The number of aromatic nitrogens is 1. The maximum absolute atomic E-state index is 8.38. The van der Waals surface area contributed by atoms with Gasteiger partial charge in [-0.3, -0.25) is 4.98 Å². The minimum Gasteiger partial charge on any atom is -0.325 e. The van der Waals surface area contributed by atoms with Gasteiger partial charge in [0.15, 0.2) is 0 Å². The summed E-state index contributed by atoms with van der Waals surface area (Å²) in [5.41, 5.74) is 6.67. The van der Waals surface area contributed by atoms with Gasteiger partial charge in [-0.1, -0.05) is 0 Å². The number of nitrogens with two attached hydrogens (primary N) is 1. The average molecular weight is 206 g/mol. The third-order valence-electron chi connectivity index (χ3n) is 1.16. The summed E-state index contributed by atoms with van der Waals surface area (Å²) >= 11 is 0. The van der Waals surface area contributed by atoms with E-state index >= 15 is 0 Å². The van der Waals surface area contributed by atoms with E-state index in [4.69, 9.17) is 11.0 Å². The Labute approximate surface area is 83.4 Å². The fourth-order valence-electron chi connectivity index (χ4n) is 0.611. The van der Waals surface area contributed by atoms with Gasteiger partial charge in [0, 0.05) is 12.7 Å². The van der Waals surface area contributed by atoms with Crippen molar-refractivity contribution in [2.75, 3.05) is 0 Å². The van der Waals surface area contributed by atoms with E-state index in [9.17, 15) is 0 Å². The molecule has 0 aliphatic carbocycles. The number of rotatable bonds is 1. The molecule has 1 aromatic rings. The molecule has 0 aliphatic rings. The summed E-state index contributed by atoms with van der Waals surface area (Å²) in [7, 11) is 0. The lowest BCUT2D eigenvalue weighted by atomic mass is 10.3. The normalized spacial score (nSPS) is 7.33. The van der Waals surface area contributed by atoms with Crippen LogP contribution in [0, 0.1) is 11.3 Å². The number of nitrogens with zero attached hydrogens (tertiary/aromatic N) is 2. The van der Waals surface area contributed by atoms with Crippen LogP contribution in [-0.4, -0.2) is 4.98 Å². The third-order valence-corrected chi connectivity index (χ3v) is 1.16. The lowest BCUT2D eigenvalue weighted by Gasteiger charge is -1.92. The third kappa shape index (κ3) is 3.54. The van der Waals surface area contributed by atoms with Crippen LogP contribution in [0.4, 0.5) is 0 Å². The Morgan fingerprint density at radius 3 is 2.42 bits per heavy atom. The van der Waals surface area contributed by atoms with Crippen molar-refractivity contribution in [3.05, 3.63) is 29.6 Å². The molecule has 0 saturated heterocycles. The minimum absolute atomic E-state index is 0. The van der Waals surface area contributed by atoms with Gasteiger partial charge in [0.2, 0.25) is 0 Å². The van der Waals surface area contributed by atoms with E-state index in [1.807, 2.05) is 6.07 Å². The molecule has 0 atom stereocenters. The second-order valence-corrected chi connectivity index (χ2v) is 1.85. The standard InChI is InChI=1S/C7H7N3.2ClH/c8-3-6-1-2-7(4-9)10-5-6;;/h1-2,5H,4,9H2;2*1H. The van der Waals surface area contributed by atoms with Gasteiger partial charge in [0.05, 0.1) is 11.3 Å². The van der Waals surface area contributed by atoms with Crippen LogP contribution < -0.4 is 5.73 Å². The van der Waals surface area contributed by atoms with E-state index in [0.29, 0.717) is 12.1 Å². The minimum atomic E-state index is 0. The van der Waals surface area contributed by atoms with E-state index in [1.54, 1.807) is 12.1 Å². The number of halogens is 2.